The van der Waals surface area contributed by atoms with E-state index < -0.39 is 0 Å². The Balaban J connectivity index is 1.78. The second-order valence-electron chi connectivity index (χ2n) is 5.60. The van der Waals surface area contributed by atoms with Crippen molar-refractivity contribution in [1.29, 1.82) is 0 Å². The summed E-state index contributed by atoms with van der Waals surface area (Å²) in [5.74, 6) is 1.23. The van der Waals surface area contributed by atoms with Gasteiger partial charge >= 0.3 is 0 Å². The number of hydrogen-bond acceptors (Lipinski definition) is 5. The van der Waals surface area contributed by atoms with Gasteiger partial charge in [-0.15, -0.1) is 0 Å². The summed E-state index contributed by atoms with van der Waals surface area (Å²) >= 11 is 0. The van der Waals surface area contributed by atoms with Crippen molar-refractivity contribution >= 4 is 5.91 Å². The van der Waals surface area contributed by atoms with Gasteiger partial charge in [-0.05, 0) is 30.7 Å². The molecule has 3 aromatic rings. The van der Waals surface area contributed by atoms with Gasteiger partial charge in [0.1, 0.15) is 17.5 Å². The van der Waals surface area contributed by atoms with Crippen LogP contribution in [0.3, 0.4) is 0 Å². The zero-order valence-electron chi connectivity index (χ0n) is 13.2. The third-order valence-electron chi connectivity index (χ3n) is 4.18. The van der Waals surface area contributed by atoms with E-state index in [0.29, 0.717) is 36.1 Å². The SMILES string of the molecule is COCCCN1C(=O)c2n[nH]c(-c3ccco3)c2C1c1ccco1. The van der Waals surface area contributed by atoms with E-state index in [1.165, 1.54) is 0 Å². The average Bonchev–Trinajstić information content (AvgIpc) is 3.34. The van der Waals surface area contributed by atoms with Crippen molar-refractivity contribution in [2.45, 2.75) is 12.5 Å². The number of aromatic nitrogens is 2. The monoisotopic (exact) mass is 327 g/mol. The fourth-order valence-electron chi connectivity index (χ4n) is 3.15. The van der Waals surface area contributed by atoms with Crippen molar-refractivity contribution in [3.63, 3.8) is 0 Å². The molecule has 4 rings (SSSR count). The van der Waals surface area contributed by atoms with Crippen LogP contribution in [0.25, 0.3) is 11.5 Å². The molecule has 0 saturated carbocycles. The quantitative estimate of drug-likeness (QED) is 0.704. The van der Waals surface area contributed by atoms with E-state index >= 15 is 0 Å². The van der Waals surface area contributed by atoms with Crippen LogP contribution < -0.4 is 0 Å². The first-order valence-corrected chi connectivity index (χ1v) is 7.76. The smallest absolute Gasteiger partial charge is 0.275 e. The fourth-order valence-corrected chi connectivity index (χ4v) is 3.15. The molecule has 0 aliphatic carbocycles. The van der Waals surface area contributed by atoms with Crippen LogP contribution in [0.5, 0.6) is 0 Å². The Kier molecular flexibility index (Phi) is 3.70. The van der Waals surface area contributed by atoms with Gasteiger partial charge in [-0.25, -0.2) is 0 Å². The second-order valence-corrected chi connectivity index (χ2v) is 5.60. The molecule has 124 valence electrons. The molecule has 3 aromatic heterocycles. The maximum Gasteiger partial charge on any atom is 0.275 e. The van der Waals surface area contributed by atoms with Crippen LogP contribution in [-0.2, 0) is 4.74 Å². The Bertz CT molecular complexity index is 820. The molecule has 0 bridgehead atoms. The third-order valence-corrected chi connectivity index (χ3v) is 4.18. The van der Waals surface area contributed by atoms with E-state index in [4.69, 9.17) is 13.6 Å². The van der Waals surface area contributed by atoms with Crippen LogP contribution in [0.15, 0.2) is 45.6 Å². The van der Waals surface area contributed by atoms with Gasteiger partial charge in [-0.3, -0.25) is 9.89 Å². The minimum absolute atomic E-state index is 0.114. The molecule has 1 aliphatic rings. The van der Waals surface area contributed by atoms with Crippen LogP contribution in [0.1, 0.15) is 34.3 Å². The predicted molar refractivity (Wildman–Crippen MR) is 84.4 cm³/mol. The molecule has 24 heavy (non-hydrogen) atoms. The third kappa shape index (κ3) is 2.25. The lowest BCUT2D eigenvalue weighted by molar-refractivity contribution is 0.0708. The van der Waals surface area contributed by atoms with Crippen LogP contribution in [0.2, 0.25) is 0 Å². The van der Waals surface area contributed by atoms with Gasteiger partial charge in [0, 0.05) is 25.8 Å². The number of hydrogen-bond donors (Lipinski definition) is 1. The van der Waals surface area contributed by atoms with Gasteiger partial charge in [0.2, 0.25) is 0 Å². The van der Waals surface area contributed by atoms with Gasteiger partial charge in [0.25, 0.3) is 5.91 Å². The molecule has 0 radical (unpaired) electrons. The molecule has 1 N–H and O–H groups in total. The van der Waals surface area contributed by atoms with Crippen molar-refractivity contribution < 1.29 is 18.4 Å². The van der Waals surface area contributed by atoms with E-state index in [1.807, 2.05) is 18.2 Å². The van der Waals surface area contributed by atoms with Crippen molar-refractivity contribution in [2.75, 3.05) is 20.3 Å². The fraction of sp³-hybridized carbons (Fsp3) is 0.294. The number of H-pyrrole nitrogens is 1. The van der Waals surface area contributed by atoms with Gasteiger partial charge in [0.05, 0.1) is 12.5 Å². The summed E-state index contributed by atoms with van der Waals surface area (Å²) in [6.45, 7) is 1.15. The number of carbonyl (C=O) groups excluding carboxylic acids is 1. The van der Waals surface area contributed by atoms with Gasteiger partial charge in [-0.1, -0.05) is 0 Å². The number of nitrogens with one attached hydrogen (secondary N) is 1. The molecule has 0 aromatic carbocycles. The van der Waals surface area contributed by atoms with E-state index in [2.05, 4.69) is 10.2 Å². The Hall–Kier alpha value is -2.80. The van der Waals surface area contributed by atoms with Crippen LogP contribution in [0, 0.1) is 0 Å². The first-order chi connectivity index (χ1) is 11.8. The highest BCUT2D eigenvalue weighted by molar-refractivity contribution is 5.99. The zero-order valence-corrected chi connectivity index (χ0v) is 13.2. The number of fused-ring (bicyclic) bond motifs is 1. The molecule has 0 spiro atoms. The van der Waals surface area contributed by atoms with E-state index in [-0.39, 0.29) is 11.9 Å². The topological polar surface area (TPSA) is 84.5 Å². The number of amides is 1. The number of furan rings is 2. The Morgan fingerprint density at radius 3 is 2.83 bits per heavy atom. The van der Waals surface area contributed by atoms with Gasteiger partial charge < -0.3 is 18.5 Å². The zero-order chi connectivity index (χ0) is 16.5. The normalized spacial score (nSPS) is 16.8. The van der Waals surface area contributed by atoms with Crippen molar-refractivity contribution in [1.82, 2.24) is 15.1 Å². The second kappa shape index (κ2) is 6.01. The molecule has 7 heteroatoms. The molecular weight excluding hydrogens is 310 g/mol. The summed E-state index contributed by atoms with van der Waals surface area (Å²) in [5, 5.41) is 7.15. The van der Waals surface area contributed by atoms with E-state index in [0.717, 1.165) is 12.0 Å². The first kappa shape index (κ1) is 14.8. The Labute approximate surface area is 138 Å². The Morgan fingerprint density at radius 2 is 2.12 bits per heavy atom. The number of carbonyl (C=O) groups is 1. The summed E-state index contributed by atoms with van der Waals surface area (Å²) in [7, 11) is 1.65. The molecule has 1 unspecified atom stereocenters. The summed E-state index contributed by atoms with van der Waals surface area (Å²) in [4.78, 5) is 14.6. The average molecular weight is 327 g/mol. The molecule has 0 saturated heterocycles. The van der Waals surface area contributed by atoms with Crippen molar-refractivity contribution in [2.24, 2.45) is 0 Å². The number of ether oxygens (including phenoxy) is 1. The highest BCUT2D eigenvalue weighted by Crippen LogP contribution is 2.42. The van der Waals surface area contributed by atoms with Gasteiger partial charge in [-0.2, -0.15) is 5.10 Å². The number of aromatic amines is 1. The summed E-state index contributed by atoms with van der Waals surface area (Å²) in [6, 6.07) is 7.01. The van der Waals surface area contributed by atoms with E-state index in [9.17, 15) is 4.79 Å². The number of methoxy groups -OCH3 is 1. The first-order valence-electron chi connectivity index (χ1n) is 7.76. The molecule has 4 heterocycles. The molecule has 0 fully saturated rings. The minimum Gasteiger partial charge on any atom is -0.467 e. The molecule has 7 nitrogen and oxygen atoms in total. The predicted octanol–water partition coefficient (Wildman–Crippen LogP) is 2.84. The minimum atomic E-state index is -0.321. The molecule has 1 atom stereocenters. The lowest BCUT2D eigenvalue weighted by Gasteiger charge is -2.24. The number of nitrogens with zero attached hydrogens (tertiary/aromatic N) is 2. The maximum absolute atomic E-state index is 12.8. The van der Waals surface area contributed by atoms with E-state index in [1.54, 1.807) is 30.6 Å². The molecule has 1 aliphatic heterocycles. The van der Waals surface area contributed by atoms with Crippen LogP contribution in [0.4, 0.5) is 0 Å². The summed E-state index contributed by atoms with van der Waals surface area (Å²) < 4.78 is 16.2. The highest BCUT2D eigenvalue weighted by atomic mass is 16.5. The number of rotatable bonds is 6. The summed E-state index contributed by atoms with van der Waals surface area (Å²) in [5.41, 5.74) is 1.92. The standard InChI is InChI=1S/C17H17N3O4/c1-22-8-4-7-20-16(12-6-3-10-24-12)13-14(11-5-2-9-23-11)18-19-15(13)17(20)21/h2-3,5-6,9-10,16H,4,7-8H2,1H3,(H,18,19). The maximum atomic E-state index is 12.8. The van der Waals surface area contributed by atoms with Crippen molar-refractivity contribution in [3.05, 3.63) is 53.8 Å². The van der Waals surface area contributed by atoms with Crippen LogP contribution >= 0.6 is 0 Å². The highest BCUT2D eigenvalue weighted by Gasteiger charge is 2.43. The molecule has 1 amide bonds. The lowest BCUT2D eigenvalue weighted by Crippen LogP contribution is -2.31. The van der Waals surface area contributed by atoms with Crippen LogP contribution in [-0.4, -0.2) is 41.3 Å². The van der Waals surface area contributed by atoms with Crippen molar-refractivity contribution in [3.8, 4) is 11.5 Å². The largest absolute Gasteiger partial charge is 0.467 e. The van der Waals surface area contributed by atoms with Gasteiger partial charge in [0.15, 0.2) is 11.5 Å². The Morgan fingerprint density at radius 1 is 1.29 bits per heavy atom. The molecular formula is C17H17N3O4. The summed E-state index contributed by atoms with van der Waals surface area (Å²) in [6.07, 6.45) is 3.94. The lowest BCUT2D eigenvalue weighted by atomic mass is 10.0.